The van der Waals surface area contributed by atoms with Crippen LogP contribution in [0.4, 0.5) is 0 Å². The Kier molecular flexibility index (Phi) is 2.39. The van der Waals surface area contributed by atoms with Crippen LogP contribution in [-0.4, -0.2) is 26.0 Å². The maximum atomic E-state index is 9.14. The number of rotatable bonds is 3. The summed E-state index contributed by atoms with van der Waals surface area (Å²) in [7, 11) is 0. The summed E-state index contributed by atoms with van der Waals surface area (Å²) in [5.74, 6) is 0. The van der Waals surface area contributed by atoms with Crippen LogP contribution in [-0.2, 0) is 6.54 Å². The van der Waals surface area contributed by atoms with E-state index >= 15 is 0 Å². The molecule has 0 radical (unpaired) electrons. The summed E-state index contributed by atoms with van der Waals surface area (Å²) >= 11 is 0. The molecule has 1 heterocycles. The average molecular weight is 141 g/mol. The van der Waals surface area contributed by atoms with Crippen molar-refractivity contribution in [3.8, 4) is 0 Å². The minimum atomic E-state index is -0.304. The maximum Gasteiger partial charge on any atom is 0.137 e. The summed E-state index contributed by atoms with van der Waals surface area (Å²) in [6, 6.07) is 0. The van der Waals surface area contributed by atoms with Crippen LogP contribution in [0.25, 0.3) is 0 Å². The summed E-state index contributed by atoms with van der Waals surface area (Å²) in [5.41, 5.74) is 0. The van der Waals surface area contributed by atoms with Crippen LogP contribution < -0.4 is 0 Å². The van der Waals surface area contributed by atoms with Gasteiger partial charge in [-0.25, -0.2) is 4.98 Å². The quantitative estimate of drug-likeness (QED) is 0.647. The molecule has 0 fully saturated rings. The van der Waals surface area contributed by atoms with Crippen LogP contribution in [0.15, 0.2) is 12.7 Å². The fourth-order valence-corrected chi connectivity index (χ4v) is 0.672. The molecule has 0 amide bonds. The van der Waals surface area contributed by atoms with Crippen LogP contribution in [0.3, 0.4) is 0 Å². The topological polar surface area (TPSA) is 50.9 Å². The van der Waals surface area contributed by atoms with E-state index in [-0.39, 0.29) is 6.10 Å². The number of aliphatic hydroxyl groups is 1. The van der Waals surface area contributed by atoms with E-state index in [0.717, 1.165) is 6.42 Å². The molecule has 0 unspecified atom stereocenters. The first-order chi connectivity index (χ1) is 4.83. The molecule has 0 saturated heterocycles. The van der Waals surface area contributed by atoms with Gasteiger partial charge in [0, 0.05) is 0 Å². The highest BCUT2D eigenvalue weighted by Gasteiger charge is 2.00. The molecule has 0 aliphatic rings. The molecule has 1 N–H and O–H groups in total. The number of aliphatic hydroxyl groups excluding tert-OH is 1. The average Bonchev–Trinajstić information content (AvgIpc) is 2.40. The van der Waals surface area contributed by atoms with Crippen molar-refractivity contribution in [2.45, 2.75) is 26.0 Å². The molecule has 56 valence electrons. The smallest absolute Gasteiger partial charge is 0.137 e. The molecule has 1 rings (SSSR count). The second kappa shape index (κ2) is 3.31. The van der Waals surface area contributed by atoms with Gasteiger partial charge in [-0.15, -0.1) is 0 Å². The molecule has 1 aromatic heterocycles. The number of nitrogens with zero attached hydrogens (tertiary/aromatic N) is 3. The Morgan fingerprint density at radius 2 is 2.50 bits per heavy atom. The van der Waals surface area contributed by atoms with Gasteiger partial charge in [-0.3, -0.25) is 4.68 Å². The number of hydrogen-bond donors (Lipinski definition) is 1. The molecule has 0 aromatic carbocycles. The summed E-state index contributed by atoms with van der Waals surface area (Å²) in [6.07, 6.45) is 3.50. The third-order valence-electron chi connectivity index (χ3n) is 1.34. The van der Waals surface area contributed by atoms with Gasteiger partial charge in [0.05, 0.1) is 12.6 Å². The fraction of sp³-hybridized carbons (Fsp3) is 0.667. The Labute approximate surface area is 59.5 Å². The zero-order valence-electron chi connectivity index (χ0n) is 5.94. The Balaban J connectivity index is 2.40. The molecule has 0 aliphatic carbocycles. The second-order valence-corrected chi connectivity index (χ2v) is 2.18. The zero-order valence-corrected chi connectivity index (χ0v) is 5.94. The third kappa shape index (κ3) is 1.80. The van der Waals surface area contributed by atoms with Crippen LogP contribution in [0.1, 0.15) is 13.3 Å². The van der Waals surface area contributed by atoms with Gasteiger partial charge < -0.3 is 5.11 Å². The molecule has 4 heteroatoms. The van der Waals surface area contributed by atoms with E-state index in [4.69, 9.17) is 5.11 Å². The highest BCUT2D eigenvalue weighted by molar-refractivity contribution is 4.59. The van der Waals surface area contributed by atoms with Gasteiger partial charge in [0.15, 0.2) is 0 Å². The Morgan fingerprint density at radius 1 is 1.70 bits per heavy atom. The first-order valence-corrected chi connectivity index (χ1v) is 3.33. The van der Waals surface area contributed by atoms with Crippen LogP contribution in [0.2, 0.25) is 0 Å². The molecule has 0 aliphatic heterocycles. The molecule has 0 saturated carbocycles. The molecule has 0 bridgehead atoms. The van der Waals surface area contributed by atoms with Crippen molar-refractivity contribution >= 4 is 0 Å². The Bertz CT molecular complexity index is 173. The van der Waals surface area contributed by atoms with Crippen LogP contribution >= 0.6 is 0 Å². The van der Waals surface area contributed by atoms with Gasteiger partial charge in [-0.1, -0.05) is 6.92 Å². The SMILES string of the molecule is CC[C@@H](O)Cn1cncn1. The lowest BCUT2D eigenvalue weighted by atomic mass is 10.3. The predicted octanol–water partition coefficient (Wildman–Crippen LogP) is 0.0490. The minimum Gasteiger partial charge on any atom is -0.391 e. The number of aromatic nitrogens is 3. The van der Waals surface area contributed by atoms with Crippen molar-refractivity contribution in [2.75, 3.05) is 0 Å². The lowest BCUT2D eigenvalue weighted by molar-refractivity contribution is 0.145. The van der Waals surface area contributed by atoms with Crippen LogP contribution in [0.5, 0.6) is 0 Å². The van der Waals surface area contributed by atoms with E-state index in [1.165, 1.54) is 6.33 Å². The van der Waals surface area contributed by atoms with E-state index in [2.05, 4.69) is 10.1 Å². The van der Waals surface area contributed by atoms with Gasteiger partial charge in [-0.05, 0) is 6.42 Å². The maximum absolute atomic E-state index is 9.14. The molecule has 1 aromatic rings. The highest BCUT2D eigenvalue weighted by Crippen LogP contribution is 1.92. The lowest BCUT2D eigenvalue weighted by Gasteiger charge is -2.05. The van der Waals surface area contributed by atoms with Gasteiger partial charge in [0.1, 0.15) is 12.7 Å². The van der Waals surface area contributed by atoms with Crippen molar-refractivity contribution in [1.29, 1.82) is 0 Å². The van der Waals surface area contributed by atoms with Gasteiger partial charge >= 0.3 is 0 Å². The van der Waals surface area contributed by atoms with Crippen molar-refractivity contribution in [1.82, 2.24) is 14.8 Å². The fourth-order valence-electron chi connectivity index (χ4n) is 0.672. The second-order valence-electron chi connectivity index (χ2n) is 2.18. The molecule has 1 atom stereocenters. The molecule has 10 heavy (non-hydrogen) atoms. The van der Waals surface area contributed by atoms with Crippen LogP contribution in [0, 0.1) is 0 Å². The Hall–Kier alpha value is -0.900. The van der Waals surface area contributed by atoms with E-state index < -0.39 is 0 Å². The van der Waals surface area contributed by atoms with Gasteiger partial charge in [0.2, 0.25) is 0 Å². The normalized spacial score (nSPS) is 13.4. The molecular formula is C6H11N3O. The van der Waals surface area contributed by atoms with Crippen molar-refractivity contribution in [3.63, 3.8) is 0 Å². The summed E-state index contributed by atoms with van der Waals surface area (Å²) in [6.45, 7) is 2.47. The van der Waals surface area contributed by atoms with E-state index in [0.29, 0.717) is 6.54 Å². The molecular weight excluding hydrogens is 130 g/mol. The summed E-state index contributed by atoms with van der Waals surface area (Å²) in [5, 5.41) is 13.0. The highest BCUT2D eigenvalue weighted by atomic mass is 16.3. The first-order valence-electron chi connectivity index (χ1n) is 3.33. The van der Waals surface area contributed by atoms with Crippen molar-refractivity contribution < 1.29 is 5.11 Å². The van der Waals surface area contributed by atoms with E-state index in [9.17, 15) is 0 Å². The summed E-state index contributed by atoms with van der Waals surface area (Å²) in [4.78, 5) is 3.75. The van der Waals surface area contributed by atoms with E-state index in [1.807, 2.05) is 6.92 Å². The zero-order chi connectivity index (χ0) is 7.40. The number of hydrogen-bond acceptors (Lipinski definition) is 3. The Morgan fingerprint density at radius 3 is 3.00 bits per heavy atom. The summed E-state index contributed by atoms with van der Waals surface area (Å²) < 4.78 is 1.62. The molecule has 4 nitrogen and oxygen atoms in total. The monoisotopic (exact) mass is 141 g/mol. The largest absolute Gasteiger partial charge is 0.391 e. The van der Waals surface area contributed by atoms with Gasteiger partial charge in [0.25, 0.3) is 0 Å². The predicted molar refractivity (Wildman–Crippen MR) is 36.3 cm³/mol. The molecule has 0 spiro atoms. The third-order valence-corrected chi connectivity index (χ3v) is 1.34. The van der Waals surface area contributed by atoms with Crippen molar-refractivity contribution in [2.24, 2.45) is 0 Å². The minimum absolute atomic E-state index is 0.304. The first kappa shape index (κ1) is 7.21. The standard InChI is InChI=1S/C6H11N3O/c1-2-6(10)3-9-5-7-4-8-9/h4-6,10H,2-3H2,1H3/t6-/m1/s1. The lowest BCUT2D eigenvalue weighted by Crippen LogP contribution is -2.14. The van der Waals surface area contributed by atoms with Gasteiger partial charge in [-0.2, -0.15) is 5.10 Å². The van der Waals surface area contributed by atoms with Crippen molar-refractivity contribution in [3.05, 3.63) is 12.7 Å². The van der Waals surface area contributed by atoms with E-state index in [1.54, 1.807) is 11.0 Å².